The molecule has 2 atom stereocenters. The largest absolute Gasteiger partial charge is 0.454 e. The lowest BCUT2D eigenvalue weighted by molar-refractivity contribution is -0.146. The number of oxime groups is 1. The van der Waals surface area contributed by atoms with Crippen LogP contribution < -0.4 is 9.47 Å². The topological polar surface area (TPSA) is 69.6 Å². The van der Waals surface area contributed by atoms with E-state index in [4.69, 9.17) is 19.0 Å². The van der Waals surface area contributed by atoms with E-state index in [1.165, 1.54) is 0 Å². The minimum Gasteiger partial charge on any atom is -0.454 e. The molecule has 0 aliphatic carbocycles. The number of carbonyl (C=O) groups is 1. The van der Waals surface area contributed by atoms with Crippen molar-refractivity contribution in [1.82, 2.24) is 4.90 Å². The highest BCUT2D eigenvalue weighted by molar-refractivity contribution is 5.94. The Kier molecular flexibility index (Phi) is 5.76. The van der Waals surface area contributed by atoms with Crippen LogP contribution in [0.4, 0.5) is 0 Å². The van der Waals surface area contributed by atoms with Crippen LogP contribution in [0.3, 0.4) is 0 Å². The van der Waals surface area contributed by atoms with Crippen LogP contribution in [0.5, 0.6) is 11.5 Å². The first-order chi connectivity index (χ1) is 15.2. The van der Waals surface area contributed by atoms with E-state index in [1.807, 2.05) is 41.3 Å². The third-order valence-electron chi connectivity index (χ3n) is 5.87. The first kappa shape index (κ1) is 19.9. The van der Waals surface area contributed by atoms with Crippen molar-refractivity contribution in [1.29, 1.82) is 0 Å². The van der Waals surface area contributed by atoms with Gasteiger partial charge in [0, 0.05) is 25.9 Å². The Morgan fingerprint density at radius 3 is 2.87 bits per heavy atom. The molecule has 3 heterocycles. The van der Waals surface area contributed by atoms with E-state index in [9.17, 15) is 4.79 Å². The van der Waals surface area contributed by atoms with Gasteiger partial charge < -0.3 is 23.9 Å². The number of likely N-dealkylation sites (tertiary alicyclic amines) is 1. The van der Waals surface area contributed by atoms with Gasteiger partial charge in [-0.1, -0.05) is 41.6 Å². The molecule has 0 radical (unpaired) electrons. The molecule has 2 aromatic carbocycles. The molecule has 3 aliphatic rings. The molecule has 1 fully saturated rings. The predicted octanol–water partition coefficient (Wildman–Crippen LogP) is 3.31. The monoisotopic (exact) mass is 422 g/mol. The second-order valence-corrected chi connectivity index (χ2v) is 8.17. The van der Waals surface area contributed by atoms with Crippen molar-refractivity contribution in [2.75, 3.05) is 19.9 Å². The third kappa shape index (κ3) is 4.66. The maximum Gasteiger partial charge on any atom is 0.266 e. The third-order valence-corrected chi connectivity index (χ3v) is 5.87. The van der Waals surface area contributed by atoms with Crippen molar-refractivity contribution < 1.29 is 23.8 Å². The van der Waals surface area contributed by atoms with Gasteiger partial charge in [0.15, 0.2) is 11.5 Å². The number of ether oxygens (including phenoxy) is 3. The Morgan fingerprint density at radius 1 is 1.10 bits per heavy atom. The molecule has 2 aromatic rings. The van der Waals surface area contributed by atoms with Crippen molar-refractivity contribution in [3.05, 3.63) is 59.7 Å². The fourth-order valence-corrected chi connectivity index (χ4v) is 4.22. The van der Waals surface area contributed by atoms with Gasteiger partial charge in [-0.05, 0) is 36.1 Å². The number of hydrogen-bond donors (Lipinski definition) is 0. The van der Waals surface area contributed by atoms with E-state index >= 15 is 0 Å². The zero-order valence-electron chi connectivity index (χ0n) is 17.4. The minimum absolute atomic E-state index is 0.00236. The smallest absolute Gasteiger partial charge is 0.266 e. The quantitative estimate of drug-likeness (QED) is 0.714. The van der Waals surface area contributed by atoms with Gasteiger partial charge in [0.2, 0.25) is 12.9 Å². The number of carbonyl (C=O) groups excluding carboxylic acids is 1. The van der Waals surface area contributed by atoms with Gasteiger partial charge in [-0.3, -0.25) is 4.79 Å². The summed E-state index contributed by atoms with van der Waals surface area (Å²) in [4.78, 5) is 20.4. The SMILES string of the molecule is O=C([C@H]1CC(Cc2ccc3c(c2)OCO3)=NO1)N1CCC[C@@H](OCc2ccccc2)C1. The number of hydrogen-bond acceptors (Lipinski definition) is 6. The predicted molar refractivity (Wildman–Crippen MR) is 114 cm³/mol. The molecule has 3 aliphatic heterocycles. The van der Waals surface area contributed by atoms with Gasteiger partial charge in [0.05, 0.1) is 18.4 Å². The highest BCUT2D eigenvalue weighted by atomic mass is 16.7. The van der Waals surface area contributed by atoms with E-state index in [0.29, 0.717) is 26.0 Å². The molecule has 0 aromatic heterocycles. The highest BCUT2D eigenvalue weighted by Crippen LogP contribution is 2.33. The lowest BCUT2D eigenvalue weighted by atomic mass is 10.0. The molecule has 0 N–H and O–H groups in total. The van der Waals surface area contributed by atoms with Crippen molar-refractivity contribution in [3.8, 4) is 11.5 Å². The van der Waals surface area contributed by atoms with Crippen LogP contribution in [0.2, 0.25) is 0 Å². The van der Waals surface area contributed by atoms with E-state index in [-0.39, 0.29) is 18.8 Å². The number of benzene rings is 2. The Morgan fingerprint density at radius 2 is 1.97 bits per heavy atom. The molecule has 0 saturated carbocycles. The second kappa shape index (κ2) is 8.98. The summed E-state index contributed by atoms with van der Waals surface area (Å²) >= 11 is 0. The summed E-state index contributed by atoms with van der Waals surface area (Å²) in [6.45, 7) is 2.16. The van der Waals surface area contributed by atoms with E-state index in [2.05, 4.69) is 17.3 Å². The van der Waals surface area contributed by atoms with Crippen molar-refractivity contribution in [2.24, 2.45) is 5.16 Å². The molecular weight excluding hydrogens is 396 g/mol. The fraction of sp³-hybridized carbons (Fsp3) is 0.417. The van der Waals surface area contributed by atoms with Crippen LogP contribution in [-0.2, 0) is 27.4 Å². The van der Waals surface area contributed by atoms with Gasteiger partial charge in [-0.15, -0.1) is 0 Å². The maximum absolute atomic E-state index is 13.0. The van der Waals surface area contributed by atoms with Gasteiger partial charge in [-0.2, -0.15) is 0 Å². The number of fused-ring (bicyclic) bond motifs is 1. The normalized spacial score (nSPS) is 22.2. The number of piperidine rings is 1. The maximum atomic E-state index is 13.0. The lowest BCUT2D eigenvalue weighted by Crippen LogP contribution is -2.47. The first-order valence-corrected chi connectivity index (χ1v) is 10.8. The Labute approximate surface area is 181 Å². The van der Waals surface area contributed by atoms with Crippen molar-refractivity contribution in [3.63, 3.8) is 0 Å². The number of rotatable bonds is 6. The van der Waals surface area contributed by atoms with Gasteiger partial charge in [0.25, 0.3) is 5.91 Å². The summed E-state index contributed by atoms with van der Waals surface area (Å²) in [5.74, 6) is 1.51. The standard InChI is InChI=1S/C24H26N2O5/c27-24(26-10-4-7-20(14-26)28-15-17-5-2-1-3-6-17)23-13-19(25-31-23)11-18-8-9-21-22(12-18)30-16-29-21/h1-3,5-6,8-9,12,20,23H,4,7,10-11,13-16H2/t20-,23-/m1/s1. The average molecular weight is 422 g/mol. The van der Waals surface area contributed by atoms with Crippen LogP contribution in [0, 0.1) is 0 Å². The minimum atomic E-state index is -0.545. The van der Waals surface area contributed by atoms with Crippen LogP contribution >= 0.6 is 0 Å². The van der Waals surface area contributed by atoms with Gasteiger partial charge in [-0.25, -0.2) is 0 Å². The summed E-state index contributed by atoms with van der Waals surface area (Å²) in [7, 11) is 0. The highest BCUT2D eigenvalue weighted by Gasteiger charge is 2.34. The second-order valence-electron chi connectivity index (χ2n) is 8.17. The Bertz CT molecular complexity index is 962. The molecule has 1 amide bonds. The van der Waals surface area contributed by atoms with Crippen LogP contribution in [0.25, 0.3) is 0 Å². The summed E-state index contributed by atoms with van der Waals surface area (Å²) in [6, 6.07) is 16.0. The van der Waals surface area contributed by atoms with Crippen LogP contribution in [-0.4, -0.2) is 48.6 Å². The molecule has 31 heavy (non-hydrogen) atoms. The fourth-order valence-electron chi connectivity index (χ4n) is 4.22. The molecule has 7 nitrogen and oxygen atoms in total. The molecule has 162 valence electrons. The molecule has 5 rings (SSSR count). The summed E-state index contributed by atoms with van der Waals surface area (Å²) in [5, 5.41) is 4.18. The molecular formula is C24H26N2O5. The van der Waals surface area contributed by atoms with Crippen LogP contribution in [0.1, 0.15) is 30.4 Å². The van der Waals surface area contributed by atoms with E-state index in [0.717, 1.165) is 47.7 Å². The van der Waals surface area contributed by atoms with Crippen molar-refractivity contribution >= 4 is 11.6 Å². The summed E-state index contributed by atoms with van der Waals surface area (Å²) in [5.41, 5.74) is 3.07. The van der Waals surface area contributed by atoms with E-state index in [1.54, 1.807) is 0 Å². The average Bonchev–Trinajstić information content (AvgIpc) is 3.47. The van der Waals surface area contributed by atoms with Crippen LogP contribution in [0.15, 0.2) is 53.7 Å². The summed E-state index contributed by atoms with van der Waals surface area (Å²) in [6.07, 6.45) is 2.55. The lowest BCUT2D eigenvalue weighted by Gasteiger charge is -2.33. The van der Waals surface area contributed by atoms with E-state index < -0.39 is 6.10 Å². The molecule has 0 unspecified atom stereocenters. The Balaban J connectivity index is 1.12. The Hall–Kier alpha value is -3.06. The zero-order chi connectivity index (χ0) is 21.0. The number of nitrogens with zero attached hydrogens (tertiary/aromatic N) is 2. The summed E-state index contributed by atoms with van der Waals surface area (Å²) < 4.78 is 16.9. The first-order valence-electron chi connectivity index (χ1n) is 10.8. The number of amides is 1. The molecule has 0 bridgehead atoms. The van der Waals surface area contributed by atoms with Gasteiger partial charge >= 0.3 is 0 Å². The molecule has 7 heteroatoms. The molecule has 0 spiro atoms. The molecule has 1 saturated heterocycles. The zero-order valence-corrected chi connectivity index (χ0v) is 17.4. The van der Waals surface area contributed by atoms with Gasteiger partial charge in [0.1, 0.15) is 0 Å². The van der Waals surface area contributed by atoms with Crippen molar-refractivity contribution in [2.45, 2.75) is 44.5 Å².